The Morgan fingerprint density at radius 2 is 1.94 bits per heavy atom. The maximum Gasteiger partial charge on any atom is 0.194 e. The second-order valence-electron chi connectivity index (χ2n) is 4.63. The van der Waals surface area contributed by atoms with Crippen LogP contribution in [0.3, 0.4) is 0 Å². The summed E-state index contributed by atoms with van der Waals surface area (Å²) in [5, 5.41) is 2.96. The Kier molecular flexibility index (Phi) is 3.72. The quantitative estimate of drug-likeness (QED) is 0.780. The molecular weight excluding hydrogens is 227 g/mol. The van der Waals surface area contributed by atoms with E-state index in [-0.39, 0.29) is 11.6 Å². The van der Waals surface area contributed by atoms with Gasteiger partial charge in [0.1, 0.15) is 0 Å². The van der Waals surface area contributed by atoms with E-state index in [1.54, 1.807) is 7.05 Å². The third-order valence-corrected chi connectivity index (χ3v) is 3.35. The first-order valence-corrected chi connectivity index (χ1v) is 5.94. The van der Waals surface area contributed by atoms with Crippen molar-refractivity contribution in [2.75, 3.05) is 7.05 Å². The molecule has 0 spiro atoms. The van der Waals surface area contributed by atoms with Gasteiger partial charge in [0.15, 0.2) is 17.5 Å². The van der Waals surface area contributed by atoms with Crippen molar-refractivity contribution in [3.63, 3.8) is 0 Å². The molecule has 1 fully saturated rings. The summed E-state index contributed by atoms with van der Waals surface area (Å²) in [4.78, 5) is 0. The standard InChI is InChI=1S/C13H16F3N/c1-17-11(7-4-8-2-3-8)9-5-6-10(14)13(16)12(9)15/h5-6,8,11,17H,2-4,7H2,1H3. The van der Waals surface area contributed by atoms with Crippen molar-refractivity contribution in [3.8, 4) is 0 Å². The lowest BCUT2D eigenvalue weighted by atomic mass is 10.00. The van der Waals surface area contributed by atoms with Crippen LogP contribution >= 0.6 is 0 Å². The second kappa shape index (κ2) is 5.08. The highest BCUT2D eigenvalue weighted by Gasteiger charge is 2.25. The molecule has 0 bridgehead atoms. The molecule has 17 heavy (non-hydrogen) atoms. The van der Waals surface area contributed by atoms with E-state index in [4.69, 9.17) is 0 Å². The predicted molar refractivity (Wildman–Crippen MR) is 60.1 cm³/mol. The molecule has 0 aromatic heterocycles. The Hall–Kier alpha value is -1.03. The minimum atomic E-state index is -1.38. The molecule has 1 aromatic carbocycles. The lowest BCUT2D eigenvalue weighted by Crippen LogP contribution is -2.18. The van der Waals surface area contributed by atoms with Crippen LogP contribution in [0.5, 0.6) is 0 Å². The molecule has 1 atom stereocenters. The van der Waals surface area contributed by atoms with E-state index in [0.717, 1.165) is 24.8 Å². The van der Waals surface area contributed by atoms with E-state index < -0.39 is 17.5 Å². The first-order valence-electron chi connectivity index (χ1n) is 5.94. The smallest absolute Gasteiger partial charge is 0.194 e. The van der Waals surface area contributed by atoms with Gasteiger partial charge in [0.2, 0.25) is 0 Å². The number of halogens is 3. The van der Waals surface area contributed by atoms with Crippen LogP contribution < -0.4 is 5.32 Å². The molecule has 0 amide bonds. The fourth-order valence-corrected chi connectivity index (χ4v) is 2.07. The van der Waals surface area contributed by atoms with Crippen molar-refractivity contribution in [2.45, 2.75) is 31.7 Å². The van der Waals surface area contributed by atoms with Gasteiger partial charge in [0.25, 0.3) is 0 Å². The van der Waals surface area contributed by atoms with Crippen LogP contribution in [0, 0.1) is 23.4 Å². The van der Waals surface area contributed by atoms with Crippen LogP contribution in [0.4, 0.5) is 13.2 Å². The molecule has 0 radical (unpaired) electrons. The summed E-state index contributed by atoms with van der Waals surface area (Å²) in [6, 6.07) is 2.06. The van der Waals surface area contributed by atoms with Gasteiger partial charge in [-0.25, -0.2) is 13.2 Å². The van der Waals surface area contributed by atoms with E-state index >= 15 is 0 Å². The van der Waals surface area contributed by atoms with Crippen LogP contribution in [-0.2, 0) is 0 Å². The van der Waals surface area contributed by atoms with Crippen molar-refractivity contribution in [1.82, 2.24) is 5.32 Å². The summed E-state index contributed by atoms with van der Waals surface area (Å²) in [5.74, 6) is -2.85. The van der Waals surface area contributed by atoms with Gasteiger partial charge in [0, 0.05) is 11.6 Å². The Labute approximate surface area is 99.0 Å². The van der Waals surface area contributed by atoms with Crippen LogP contribution in [0.2, 0.25) is 0 Å². The number of rotatable bonds is 5. The molecule has 1 saturated carbocycles. The molecule has 94 valence electrons. The van der Waals surface area contributed by atoms with Crippen molar-refractivity contribution >= 4 is 0 Å². The monoisotopic (exact) mass is 243 g/mol. The maximum absolute atomic E-state index is 13.6. The van der Waals surface area contributed by atoms with Crippen LogP contribution in [0.1, 0.15) is 37.3 Å². The highest BCUT2D eigenvalue weighted by molar-refractivity contribution is 5.23. The zero-order chi connectivity index (χ0) is 12.4. The molecule has 0 saturated heterocycles. The lowest BCUT2D eigenvalue weighted by molar-refractivity contribution is 0.419. The molecule has 1 aliphatic rings. The van der Waals surface area contributed by atoms with Gasteiger partial charge in [-0.1, -0.05) is 18.9 Å². The molecule has 1 nitrogen and oxygen atoms in total. The first-order chi connectivity index (χ1) is 8.13. The maximum atomic E-state index is 13.6. The number of hydrogen-bond acceptors (Lipinski definition) is 1. The fourth-order valence-electron chi connectivity index (χ4n) is 2.07. The van der Waals surface area contributed by atoms with Gasteiger partial charge in [-0.2, -0.15) is 0 Å². The van der Waals surface area contributed by atoms with Gasteiger partial charge in [-0.05, 0) is 31.9 Å². The average Bonchev–Trinajstić information content (AvgIpc) is 3.13. The third kappa shape index (κ3) is 2.80. The van der Waals surface area contributed by atoms with Crippen LogP contribution in [0.25, 0.3) is 0 Å². The van der Waals surface area contributed by atoms with E-state index in [1.165, 1.54) is 18.9 Å². The Morgan fingerprint density at radius 3 is 2.53 bits per heavy atom. The predicted octanol–water partition coefficient (Wildman–Crippen LogP) is 3.55. The molecule has 0 heterocycles. The zero-order valence-electron chi connectivity index (χ0n) is 9.77. The van der Waals surface area contributed by atoms with E-state index in [2.05, 4.69) is 5.32 Å². The van der Waals surface area contributed by atoms with Gasteiger partial charge >= 0.3 is 0 Å². The first kappa shape index (κ1) is 12.4. The molecule has 1 aliphatic carbocycles. The molecular formula is C13H16F3N. The summed E-state index contributed by atoms with van der Waals surface area (Å²) in [6.45, 7) is 0. The van der Waals surface area contributed by atoms with Crippen LogP contribution in [-0.4, -0.2) is 7.05 Å². The van der Waals surface area contributed by atoms with Crippen molar-refractivity contribution in [3.05, 3.63) is 35.1 Å². The minimum Gasteiger partial charge on any atom is -0.313 e. The lowest BCUT2D eigenvalue weighted by Gasteiger charge is -2.17. The molecule has 2 rings (SSSR count). The highest BCUT2D eigenvalue weighted by Crippen LogP contribution is 2.36. The molecule has 1 aromatic rings. The zero-order valence-corrected chi connectivity index (χ0v) is 9.77. The van der Waals surface area contributed by atoms with Crippen LogP contribution in [0.15, 0.2) is 12.1 Å². The van der Waals surface area contributed by atoms with Gasteiger partial charge < -0.3 is 5.32 Å². The van der Waals surface area contributed by atoms with Crippen molar-refractivity contribution < 1.29 is 13.2 Å². The summed E-state index contributed by atoms with van der Waals surface area (Å²) in [7, 11) is 1.71. The Morgan fingerprint density at radius 1 is 1.24 bits per heavy atom. The molecule has 1 N–H and O–H groups in total. The van der Waals surface area contributed by atoms with Gasteiger partial charge in [0.05, 0.1) is 0 Å². The summed E-state index contributed by atoms with van der Waals surface area (Å²) < 4.78 is 39.5. The summed E-state index contributed by atoms with van der Waals surface area (Å²) in [5.41, 5.74) is 0.215. The topological polar surface area (TPSA) is 12.0 Å². The minimum absolute atomic E-state index is 0.215. The summed E-state index contributed by atoms with van der Waals surface area (Å²) in [6.07, 6.45) is 4.22. The number of benzene rings is 1. The highest BCUT2D eigenvalue weighted by atomic mass is 19.2. The van der Waals surface area contributed by atoms with E-state index in [1.807, 2.05) is 0 Å². The van der Waals surface area contributed by atoms with E-state index in [0.29, 0.717) is 0 Å². The van der Waals surface area contributed by atoms with E-state index in [9.17, 15) is 13.2 Å². The molecule has 0 aliphatic heterocycles. The number of hydrogen-bond donors (Lipinski definition) is 1. The Bertz CT molecular complexity index is 402. The summed E-state index contributed by atoms with van der Waals surface area (Å²) >= 11 is 0. The average molecular weight is 243 g/mol. The third-order valence-electron chi connectivity index (χ3n) is 3.35. The largest absolute Gasteiger partial charge is 0.313 e. The van der Waals surface area contributed by atoms with Gasteiger partial charge in [-0.15, -0.1) is 0 Å². The molecule has 4 heteroatoms. The SMILES string of the molecule is CNC(CCC1CC1)c1ccc(F)c(F)c1F. The second-order valence-corrected chi connectivity index (χ2v) is 4.63. The van der Waals surface area contributed by atoms with Crippen molar-refractivity contribution in [1.29, 1.82) is 0 Å². The normalized spacial score (nSPS) is 17.2. The van der Waals surface area contributed by atoms with Crippen molar-refractivity contribution in [2.24, 2.45) is 5.92 Å². The Balaban J connectivity index is 2.14. The van der Waals surface area contributed by atoms with Gasteiger partial charge in [-0.3, -0.25) is 0 Å². The molecule has 1 unspecified atom stereocenters. The fraction of sp³-hybridized carbons (Fsp3) is 0.538. The number of nitrogens with one attached hydrogen (secondary N) is 1.